The Bertz CT molecular complexity index is 684. The van der Waals surface area contributed by atoms with Gasteiger partial charge < -0.3 is 10.4 Å². The largest absolute Gasteiger partial charge is 0.478 e. The molecule has 0 atom stereocenters. The Balaban J connectivity index is 2.15. The molecule has 0 unspecified atom stereocenters. The van der Waals surface area contributed by atoms with Crippen molar-refractivity contribution in [2.45, 2.75) is 6.54 Å². The normalized spacial score (nSPS) is 10.5. The van der Waals surface area contributed by atoms with Crippen molar-refractivity contribution in [1.82, 2.24) is 0 Å². The monoisotopic (exact) mass is 359 g/mol. The van der Waals surface area contributed by atoms with Crippen molar-refractivity contribution in [3.8, 4) is 0 Å². The number of carbonyl (C=O) groups is 1. The first kappa shape index (κ1) is 15.4. The second kappa shape index (κ2) is 6.17. The fraction of sp³-hybridized carbons (Fsp3) is 0.0714. The number of nitrogens with one attached hydrogen (secondary N) is 1. The number of anilines is 1. The minimum absolute atomic E-state index is 0.0839. The van der Waals surface area contributed by atoms with Gasteiger partial charge in [0.15, 0.2) is 17.5 Å². The van der Waals surface area contributed by atoms with E-state index in [1.807, 2.05) is 0 Å². The van der Waals surface area contributed by atoms with Gasteiger partial charge >= 0.3 is 5.97 Å². The number of rotatable bonds is 4. The summed E-state index contributed by atoms with van der Waals surface area (Å²) in [6.07, 6.45) is 0. The van der Waals surface area contributed by atoms with E-state index in [9.17, 15) is 18.0 Å². The highest BCUT2D eigenvalue weighted by Crippen LogP contribution is 2.22. The van der Waals surface area contributed by atoms with Crippen LogP contribution >= 0.6 is 15.9 Å². The van der Waals surface area contributed by atoms with E-state index in [-0.39, 0.29) is 17.8 Å². The Morgan fingerprint density at radius 1 is 1.14 bits per heavy atom. The van der Waals surface area contributed by atoms with Crippen molar-refractivity contribution >= 4 is 27.6 Å². The molecule has 0 radical (unpaired) electrons. The van der Waals surface area contributed by atoms with Crippen LogP contribution in [0.1, 0.15) is 15.9 Å². The summed E-state index contributed by atoms with van der Waals surface area (Å²) < 4.78 is 39.5. The third-order valence-corrected chi connectivity index (χ3v) is 3.51. The van der Waals surface area contributed by atoms with E-state index in [4.69, 9.17) is 5.11 Å². The van der Waals surface area contributed by atoms with Gasteiger partial charge in [-0.3, -0.25) is 0 Å². The maximum atomic E-state index is 13.1. The molecule has 0 aliphatic rings. The van der Waals surface area contributed by atoms with E-state index < -0.39 is 23.4 Å². The molecule has 0 aromatic heterocycles. The Labute approximate surface area is 126 Å². The number of carboxylic acids is 1. The van der Waals surface area contributed by atoms with E-state index in [1.54, 1.807) is 6.07 Å². The first-order chi connectivity index (χ1) is 9.88. The van der Waals surface area contributed by atoms with Crippen molar-refractivity contribution in [1.29, 1.82) is 0 Å². The molecule has 0 bridgehead atoms. The van der Waals surface area contributed by atoms with Gasteiger partial charge in [0, 0.05) is 28.8 Å². The number of carboxylic acid groups (broad SMARTS) is 1. The molecule has 0 saturated heterocycles. The highest BCUT2D eigenvalue weighted by molar-refractivity contribution is 9.10. The molecule has 0 fully saturated rings. The lowest BCUT2D eigenvalue weighted by atomic mass is 10.1. The van der Waals surface area contributed by atoms with Crippen LogP contribution in [0.2, 0.25) is 0 Å². The maximum Gasteiger partial charge on any atom is 0.335 e. The average Bonchev–Trinajstić information content (AvgIpc) is 2.43. The number of aromatic carboxylic acids is 1. The summed E-state index contributed by atoms with van der Waals surface area (Å²) in [5.74, 6) is -5.14. The summed E-state index contributed by atoms with van der Waals surface area (Å²) in [5, 5.41) is 11.6. The fourth-order valence-electron chi connectivity index (χ4n) is 1.68. The van der Waals surface area contributed by atoms with Crippen LogP contribution in [0.25, 0.3) is 0 Å². The molecule has 0 aliphatic heterocycles. The minimum atomic E-state index is -1.52. The van der Waals surface area contributed by atoms with Gasteiger partial charge in [0.25, 0.3) is 0 Å². The van der Waals surface area contributed by atoms with Gasteiger partial charge in [0.2, 0.25) is 0 Å². The first-order valence-electron chi connectivity index (χ1n) is 5.78. The molecule has 2 rings (SSSR count). The maximum absolute atomic E-state index is 13.1. The standard InChI is InChI=1S/C14H9BrF3NO2/c15-10-3-7(14(20)21)1-2-8(10)6-19-9-4-11(16)13(18)12(17)5-9/h1-5,19H,6H2,(H,20,21). The van der Waals surface area contributed by atoms with Crippen LogP contribution in [0.5, 0.6) is 0 Å². The molecular formula is C14H9BrF3NO2. The van der Waals surface area contributed by atoms with Crippen LogP contribution in [0.4, 0.5) is 18.9 Å². The predicted molar refractivity (Wildman–Crippen MR) is 74.7 cm³/mol. The Morgan fingerprint density at radius 3 is 2.29 bits per heavy atom. The molecule has 3 nitrogen and oxygen atoms in total. The molecular weight excluding hydrogens is 351 g/mol. The summed E-state index contributed by atoms with van der Waals surface area (Å²) in [6.45, 7) is 0.186. The van der Waals surface area contributed by atoms with Crippen molar-refractivity contribution in [3.63, 3.8) is 0 Å². The predicted octanol–water partition coefficient (Wildman–Crippen LogP) is 4.18. The zero-order chi connectivity index (χ0) is 15.6. The molecule has 0 heterocycles. The van der Waals surface area contributed by atoms with Gasteiger partial charge in [0.05, 0.1) is 5.56 Å². The molecule has 2 aromatic carbocycles. The lowest BCUT2D eigenvalue weighted by molar-refractivity contribution is 0.0697. The van der Waals surface area contributed by atoms with E-state index in [1.165, 1.54) is 12.1 Å². The molecule has 7 heteroatoms. The van der Waals surface area contributed by atoms with Crippen LogP contribution in [0.3, 0.4) is 0 Å². The van der Waals surface area contributed by atoms with Gasteiger partial charge in [-0.05, 0) is 17.7 Å². The lowest BCUT2D eigenvalue weighted by Gasteiger charge is -2.09. The van der Waals surface area contributed by atoms with E-state index in [0.29, 0.717) is 10.0 Å². The van der Waals surface area contributed by atoms with Crippen molar-refractivity contribution in [2.24, 2.45) is 0 Å². The highest BCUT2D eigenvalue weighted by Gasteiger charge is 2.11. The van der Waals surface area contributed by atoms with Crippen LogP contribution < -0.4 is 5.32 Å². The van der Waals surface area contributed by atoms with Crippen LogP contribution in [0, 0.1) is 17.5 Å². The van der Waals surface area contributed by atoms with Crippen LogP contribution in [0.15, 0.2) is 34.8 Å². The van der Waals surface area contributed by atoms with E-state index in [0.717, 1.165) is 12.1 Å². The second-order valence-corrected chi connectivity index (χ2v) is 5.07. The van der Waals surface area contributed by atoms with Crippen LogP contribution in [-0.4, -0.2) is 11.1 Å². The molecule has 2 aromatic rings. The number of hydrogen-bond donors (Lipinski definition) is 2. The van der Waals surface area contributed by atoms with Gasteiger partial charge in [0.1, 0.15) is 0 Å². The molecule has 0 amide bonds. The minimum Gasteiger partial charge on any atom is -0.478 e. The quantitative estimate of drug-likeness (QED) is 0.805. The SMILES string of the molecule is O=C(O)c1ccc(CNc2cc(F)c(F)c(F)c2)c(Br)c1. The van der Waals surface area contributed by atoms with Gasteiger partial charge in [-0.1, -0.05) is 22.0 Å². The summed E-state index contributed by atoms with van der Waals surface area (Å²) in [6, 6.07) is 6.09. The third-order valence-electron chi connectivity index (χ3n) is 2.77. The van der Waals surface area contributed by atoms with E-state index in [2.05, 4.69) is 21.2 Å². The first-order valence-corrected chi connectivity index (χ1v) is 6.58. The number of benzene rings is 2. The van der Waals surface area contributed by atoms with Crippen molar-refractivity contribution < 1.29 is 23.1 Å². The fourth-order valence-corrected chi connectivity index (χ4v) is 2.20. The lowest BCUT2D eigenvalue weighted by Crippen LogP contribution is -2.04. The van der Waals surface area contributed by atoms with E-state index >= 15 is 0 Å². The smallest absolute Gasteiger partial charge is 0.335 e. The molecule has 2 N–H and O–H groups in total. The Hall–Kier alpha value is -2.02. The highest BCUT2D eigenvalue weighted by atomic mass is 79.9. The molecule has 21 heavy (non-hydrogen) atoms. The van der Waals surface area contributed by atoms with Crippen molar-refractivity contribution in [3.05, 3.63) is 63.4 Å². The number of halogens is 4. The van der Waals surface area contributed by atoms with Gasteiger partial charge in [-0.25, -0.2) is 18.0 Å². The third kappa shape index (κ3) is 3.55. The Kier molecular flexibility index (Phi) is 4.52. The average molecular weight is 360 g/mol. The molecule has 110 valence electrons. The summed E-state index contributed by atoms with van der Waals surface area (Å²) in [5.41, 5.74) is 0.884. The van der Waals surface area contributed by atoms with Crippen molar-refractivity contribution in [2.75, 3.05) is 5.32 Å². The van der Waals surface area contributed by atoms with Gasteiger partial charge in [-0.2, -0.15) is 0 Å². The molecule has 0 spiro atoms. The van der Waals surface area contributed by atoms with Crippen LogP contribution in [-0.2, 0) is 6.54 Å². The van der Waals surface area contributed by atoms with Gasteiger partial charge in [-0.15, -0.1) is 0 Å². The molecule has 0 saturated carbocycles. The zero-order valence-electron chi connectivity index (χ0n) is 10.5. The summed E-state index contributed by atoms with van der Waals surface area (Å²) >= 11 is 3.22. The molecule has 0 aliphatic carbocycles. The second-order valence-electron chi connectivity index (χ2n) is 4.22. The summed E-state index contributed by atoms with van der Waals surface area (Å²) in [7, 11) is 0. The summed E-state index contributed by atoms with van der Waals surface area (Å²) in [4.78, 5) is 10.8. The number of hydrogen-bond acceptors (Lipinski definition) is 2. The zero-order valence-corrected chi connectivity index (χ0v) is 12.0. The topological polar surface area (TPSA) is 49.3 Å². The Morgan fingerprint density at radius 2 is 1.76 bits per heavy atom.